The second-order valence-electron chi connectivity index (χ2n) is 5.10. The van der Waals surface area contributed by atoms with Crippen LogP contribution in [0.15, 0.2) is 12.3 Å². The molecule has 0 saturated heterocycles. The predicted molar refractivity (Wildman–Crippen MR) is 73.3 cm³/mol. The van der Waals surface area contributed by atoms with Crippen molar-refractivity contribution in [2.45, 2.75) is 33.0 Å². The Hall–Kier alpha value is -0.853. The van der Waals surface area contributed by atoms with Gasteiger partial charge >= 0.3 is 5.97 Å². The van der Waals surface area contributed by atoms with Crippen molar-refractivity contribution in [1.29, 1.82) is 0 Å². The second kappa shape index (κ2) is 8.28. The zero-order valence-corrected chi connectivity index (χ0v) is 12.8. The maximum absolute atomic E-state index is 10.8. The lowest BCUT2D eigenvalue weighted by molar-refractivity contribution is -0.151. The fraction of sp³-hybridized carbons (Fsp3) is 0.750. The van der Waals surface area contributed by atoms with Crippen LogP contribution in [-0.4, -0.2) is 34.2 Å². The van der Waals surface area contributed by atoms with Crippen LogP contribution < -0.4 is 5.73 Å². The number of allylic oxidation sites excluding steroid dienone is 1. The molecule has 0 bridgehead atoms. The molecule has 0 heterocycles. The number of hydrogen-bond donors (Lipinski definition) is 1. The third-order valence-electron chi connectivity index (χ3n) is 2.27. The number of rotatable bonds is 9. The van der Waals surface area contributed by atoms with Gasteiger partial charge in [-0.25, -0.2) is 0 Å². The van der Waals surface area contributed by atoms with Gasteiger partial charge in [-0.3, -0.25) is 4.79 Å². The molecule has 5 nitrogen and oxygen atoms in total. The summed E-state index contributed by atoms with van der Waals surface area (Å²) in [6.45, 7) is 12.7. The van der Waals surface area contributed by atoms with E-state index >= 15 is 0 Å². The van der Waals surface area contributed by atoms with Crippen LogP contribution in [0.4, 0.5) is 0 Å². The van der Waals surface area contributed by atoms with Gasteiger partial charge in [0.2, 0.25) is 6.79 Å². The fourth-order valence-electron chi connectivity index (χ4n) is 1.07. The van der Waals surface area contributed by atoms with Crippen LogP contribution in [-0.2, 0) is 18.7 Å². The van der Waals surface area contributed by atoms with Crippen molar-refractivity contribution >= 4 is 14.3 Å². The summed E-state index contributed by atoms with van der Waals surface area (Å²) in [5, 5.41) is 0. The molecule has 106 valence electrons. The highest BCUT2D eigenvalue weighted by atomic mass is 28.4. The van der Waals surface area contributed by atoms with E-state index in [1.807, 2.05) is 6.92 Å². The first kappa shape index (κ1) is 17.1. The summed E-state index contributed by atoms with van der Waals surface area (Å²) in [5.41, 5.74) is 5.09. The Bertz CT molecular complexity index is 276. The van der Waals surface area contributed by atoms with Crippen LogP contribution in [0.2, 0.25) is 19.6 Å². The summed E-state index contributed by atoms with van der Waals surface area (Å²) in [6.07, 6.45) is 0.841. The third-order valence-corrected chi connectivity index (χ3v) is 3.34. The summed E-state index contributed by atoms with van der Waals surface area (Å²) < 4.78 is 15.7. The quantitative estimate of drug-likeness (QED) is 0.301. The topological polar surface area (TPSA) is 70.8 Å². The average Bonchev–Trinajstić information content (AvgIpc) is 2.26. The Labute approximate surface area is 110 Å². The van der Waals surface area contributed by atoms with Crippen LogP contribution in [0, 0.1) is 5.92 Å². The van der Waals surface area contributed by atoms with Crippen LogP contribution in [0.3, 0.4) is 0 Å². The molecule has 0 radical (unpaired) electrons. The van der Waals surface area contributed by atoms with Gasteiger partial charge in [-0.15, -0.1) is 0 Å². The molecule has 0 saturated carbocycles. The first-order valence-electron chi connectivity index (χ1n) is 6.07. The monoisotopic (exact) mass is 275 g/mol. The van der Waals surface area contributed by atoms with Crippen molar-refractivity contribution in [2.75, 3.05) is 19.9 Å². The molecule has 0 aromatic heterocycles. The molecule has 0 spiro atoms. The summed E-state index contributed by atoms with van der Waals surface area (Å²) in [6, 6.07) is 0. The number of carbonyl (C=O) groups excluding carboxylic acids is 1. The molecular weight excluding hydrogens is 250 g/mol. The molecule has 1 unspecified atom stereocenters. The van der Waals surface area contributed by atoms with Gasteiger partial charge in [0, 0.05) is 12.5 Å². The molecule has 0 aromatic rings. The van der Waals surface area contributed by atoms with E-state index in [1.54, 1.807) is 0 Å². The summed E-state index contributed by atoms with van der Waals surface area (Å²) in [4.78, 5) is 10.8. The highest BCUT2D eigenvalue weighted by Crippen LogP contribution is 2.15. The first-order chi connectivity index (χ1) is 8.26. The Morgan fingerprint density at radius 2 is 1.94 bits per heavy atom. The number of carbonyl (C=O) groups is 1. The zero-order chi connectivity index (χ0) is 14.2. The van der Waals surface area contributed by atoms with E-state index in [0.717, 1.165) is 6.42 Å². The first-order valence-corrected chi connectivity index (χ1v) is 9.48. The molecule has 6 heteroatoms. The molecule has 18 heavy (non-hydrogen) atoms. The van der Waals surface area contributed by atoms with Gasteiger partial charge in [-0.1, -0.05) is 13.5 Å². The normalized spacial score (nSPS) is 12.9. The van der Waals surface area contributed by atoms with Crippen molar-refractivity contribution in [3.8, 4) is 0 Å². The van der Waals surface area contributed by atoms with E-state index in [-0.39, 0.29) is 19.3 Å². The standard InChI is InChI=1S/C12H25NO4Si/c1-10(6-7-17-18(3,4)5)11(2)15-9-16-12(14)8-13/h10H,2,6-9,13H2,1,3-5H3. The minimum Gasteiger partial charge on any atom is -0.462 e. The molecule has 0 aliphatic heterocycles. The SMILES string of the molecule is C=C(OCOC(=O)CN)C(C)CCO[Si](C)(C)C. The Morgan fingerprint density at radius 3 is 2.44 bits per heavy atom. The lowest BCUT2D eigenvalue weighted by Gasteiger charge is -2.20. The molecule has 0 aromatic carbocycles. The zero-order valence-electron chi connectivity index (χ0n) is 11.8. The minimum atomic E-state index is -1.46. The van der Waals surface area contributed by atoms with E-state index < -0.39 is 14.3 Å². The Balaban J connectivity index is 3.73. The molecule has 0 rings (SSSR count). The Kier molecular flexibility index (Phi) is 7.89. The number of esters is 1. The summed E-state index contributed by atoms with van der Waals surface area (Å²) in [5.74, 6) is 0.273. The van der Waals surface area contributed by atoms with E-state index in [1.165, 1.54) is 0 Å². The van der Waals surface area contributed by atoms with E-state index in [9.17, 15) is 4.79 Å². The van der Waals surface area contributed by atoms with Crippen molar-refractivity contribution in [3.63, 3.8) is 0 Å². The van der Waals surface area contributed by atoms with Gasteiger partial charge in [0.15, 0.2) is 8.32 Å². The maximum Gasteiger partial charge on any atom is 0.322 e. The highest BCUT2D eigenvalue weighted by Gasteiger charge is 2.15. The molecule has 0 amide bonds. The largest absolute Gasteiger partial charge is 0.462 e. The highest BCUT2D eigenvalue weighted by molar-refractivity contribution is 6.69. The number of ether oxygens (including phenoxy) is 2. The maximum atomic E-state index is 10.8. The van der Waals surface area contributed by atoms with Crippen LogP contribution in [0.25, 0.3) is 0 Å². The average molecular weight is 275 g/mol. The second-order valence-corrected chi connectivity index (χ2v) is 9.61. The third kappa shape index (κ3) is 9.21. The molecule has 2 N–H and O–H groups in total. The lowest BCUT2D eigenvalue weighted by Crippen LogP contribution is -2.26. The molecular formula is C12H25NO4Si. The van der Waals surface area contributed by atoms with E-state index in [0.29, 0.717) is 12.4 Å². The van der Waals surface area contributed by atoms with Crippen molar-refractivity contribution < 1.29 is 18.7 Å². The fourth-order valence-corrected chi connectivity index (χ4v) is 1.81. The van der Waals surface area contributed by atoms with Crippen molar-refractivity contribution in [3.05, 3.63) is 12.3 Å². The van der Waals surface area contributed by atoms with Gasteiger partial charge in [-0.2, -0.15) is 0 Å². The van der Waals surface area contributed by atoms with E-state index in [2.05, 4.69) is 26.2 Å². The minimum absolute atomic E-state index is 0.131. The van der Waals surface area contributed by atoms with Crippen LogP contribution in [0.1, 0.15) is 13.3 Å². The van der Waals surface area contributed by atoms with Crippen molar-refractivity contribution in [2.24, 2.45) is 11.7 Å². The van der Waals surface area contributed by atoms with Crippen LogP contribution in [0.5, 0.6) is 0 Å². The molecule has 0 aliphatic rings. The van der Waals surface area contributed by atoms with Crippen molar-refractivity contribution in [1.82, 2.24) is 0 Å². The van der Waals surface area contributed by atoms with Gasteiger partial charge in [-0.05, 0) is 26.1 Å². The number of hydrogen-bond acceptors (Lipinski definition) is 5. The summed E-state index contributed by atoms with van der Waals surface area (Å²) in [7, 11) is -1.46. The molecule has 0 aliphatic carbocycles. The Morgan fingerprint density at radius 1 is 1.33 bits per heavy atom. The van der Waals surface area contributed by atoms with Gasteiger partial charge in [0.05, 0.1) is 12.3 Å². The smallest absolute Gasteiger partial charge is 0.322 e. The van der Waals surface area contributed by atoms with Gasteiger partial charge < -0.3 is 19.6 Å². The molecule has 1 atom stereocenters. The predicted octanol–water partition coefficient (Wildman–Crippen LogP) is 1.85. The van der Waals surface area contributed by atoms with Crippen LogP contribution >= 0.6 is 0 Å². The molecule has 0 fully saturated rings. The van der Waals surface area contributed by atoms with E-state index in [4.69, 9.17) is 19.6 Å². The van der Waals surface area contributed by atoms with Gasteiger partial charge in [0.25, 0.3) is 0 Å². The number of nitrogens with two attached hydrogens (primary N) is 1. The van der Waals surface area contributed by atoms with Gasteiger partial charge in [0.1, 0.15) is 0 Å². The summed E-state index contributed by atoms with van der Waals surface area (Å²) >= 11 is 0. The lowest BCUT2D eigenvalue weighted by atomic mass is 10.1.